The summed E-state index contributed by atoms with van der Waals surface area (Å²) >= 11 is 1.10. The number of nitrogens with one attached hydrogen (secondary N) is 1. The Morgan fingerprint density at radius 1 is 1.14 bits per heavy atom. The van der Waals surface area contributed by atoms with Gasteiger partial charge in [0.1, 0.15) is 0 Å². The number of thiazole rings is 1. The fourth-order valence-electron chi connectivity index (χ4n) is 1.80. The predicted octanol–water partition coefficient (Wildman–Crippen LogP) is 0.886. The zero-order valence-corrected chi connectivity index (χ0v) is 14.3. The standard InChI is InChI=1S/C12H15N3O4S3/c1-8-12(20-9(2)15-8)22(18,19)14-7-10-3-5-11(6-4-10)21(13,16)17/h3-6,14H,7H2,1-2H3,(H2,13,16,17). The molecule has 7 nitrogen and oxygen atoms in total. The topological polar surface area (TPSA) is 119 Å². The Bertz CT molecular complexity index is 884. The van der Waals surface area contributed by atoms with Gasteiger partial charge in [-0.1, -0.05) is 12.1 Å². The molecule has 0 unspecified atom stereocenters. The number of sulfonamides is 2. The zero-order chi connectivity index (χ0) is 16.5. The Labute approximate surface area is 133 Å². The monoisotopic (exact) mass is 361 g/mol. The molecule has 0 radical (unpaired) electrons. The minimum atomic E-state index is -3.75. The van der Waals surface area contributed by atoms with Gasteiger partial charge in [-0.3, -0.25) is 0 Å². The van der Waals surface area contributed by atoms with Crippen molar-refractivity contribution in [1.82, 2.24) is 9.71 Å². The molecule has 0 aliphatic carbocycles. The number of hydrogen-bond donors (Lipinski definition) is 2. The lowest BCUT2D eigenvalue weighted by Gasteiger charge is -2.06. The molecule has 22 heavy (non-hydrogen) atoms. The molecule has 0 spiro atoms. The van der Waals surface area contributed by atoms with Crippen LogP contribution in [0.1, 0.15) is 16.3 Å². The lowest BCUT2D eigenvalue weighted by Crippen LogP contribution is -2.23. The molecule has 2 rings (SSSR count). The number of benzene rings is 1. The molecule has 2 aromatic rings. The summed E-state index contributed by atoms with van der Waals surface area (Å²) in [5, 5.41) is 5.68. The number of rotatable bonds is 5. The second-order valence-corrected chi connectivity index (χ2v) is 9.35. The molecule has 0 saturated carbocycles. The van der Waals surface area contributed by atoms with Gasteiger partial charge < -0.3 is 0 Å². The SMILES string of the molecule is Cc1nc(C)c(S(=O)(=O)NCc2ccc(S(N)(=O)=O)cc2)s1. The van der Waals surface area contributed by atoms with E-state index in [0.717, 1.165) is 11.3 Å². The third-order valence-corrected chi connectivity index (χ3v) is 6.84. The molecule has 120 valence electrons. The first-order valence-corrected chi connectivity index (χ1v) is 9.99. The van der Waals surface area contributed by atoms with Crippen LogP contribution in [-0.4, -0.2) is 21.8 Å². The van der Waals surface area contributed by atoms with Crippen molar-refractivity contribution < 1.29 is 16.8 Å². The zero-order valence-electron chi connectivity index (χ0n) is 11.9. The van der Waals surface area contributed by atoms with E-state index in [2.05, 4.69) is 9.71 Å². The molecule has 0 aliphatic rings. The molecule has 1 aromatic carbocycles. The van der Waals surface area contributed by atoms with Gasteiger partial charge in [-0.2, -0.15) is 0 Å². The van der Waals surface area contributed by atoms with Crippen molar-refractivity contribution in [3.05, 3.63) is 40.5 Å². The highest BCUT2D eigenvalue weighted by molar-refractivity contribution is 7.91. The molecule has 0 amide bonds. The minimum Gasteiger partial charge on any atom is -0.245 e. The van der Waals surface area contributed by atoms with Crippen molar-refractivity contribution in [2.45, 2.75) is 29.5 Å². The number of nitrogens with zero attached hydrogens (tertiary/aromatic N) is 1. The quantitative estimate of drug-likeness (QED) is 0.819. The largest absolute Gasteiger partial charge is 0.252 e. The molecule has 0 atom stereocenters. The van der Waals surface area contributed by atoms with Crippen molar-refractivity contribution >= 4 is 31.4 Å². The molecule has 0 bridgehead atoms. The molecule has 1 aromatic heterocycles. The molecular weight excluding hydrogens is 346 g/mol. The molecule has 0 aliphatic heterocycles. The van der Waals surface area contributed by atoms with Gasteiger partial charge in [-0.15, -0.1) is 11.3 Å². The van der Waals surface area contributed by atoms with Crippen LogP contribution in [0.25, 0.3) is 0 Å². The Balaban J connectivity index is 2.14. The maximum atomic E-state index is 12.2. The Morgan fingerprint density at radius 2 is 1.73 bits per heavy atom. The molecule has 1 heterocycles. The van der Waals surface area contributed by atoms with Crippen LogP contribution < -0.4 is 9.86 Å². The Morgan fingerprint density at radius 3 is 2.18 bits per heavy atom. The van der Waals surface area contributed by atoms with Gasteiger partial charge in [-0.05, 0) is 31.5 Å². The van der Waals surface area contributed by atoms with Crippen LogP contribution in [0.3, 0.4) is 0 Å². The molecule has 0 saturated heterocycles. The normalized spacial score (nSPS) is 12.5. The van der Waals surface area contributed by atoms with Crippen molar-refractivity contribution in [2.24, 2.45) is 5.14 Å². The van der Waals surface area contributed by atoms with Crippen LogP contribution in [0.15, 0.2) is 33.4 Å². The van der Waals surface area contributed by atoms with E-state index in [0.29, 0.717) is 16.3 Å². The smallest absolute Gasteiger partial charge is 0.245 e. The van der Waals surface area contributed by atoms with Gasteiger partial charge in [0.2, 0.25) is 10.0 Å². The summed E-state index contributed by atoms with van der Waals surface area (Å²) in [6, 6.07) is 5.68. The van der Waals surface area contributed by atoms with E-state index >= 15 is 0 Å². The fraction of sp³-hybridized carbons (Fsp3) is 0.250. The van der Waals surface area contributed by atoms with Gasteiger partial charge >= 0.3 is 0 Å². The summed E-state index contributed by atoms with van der Waals surface area (Å²) in [5.74, 6) is 0. The number of aromatic nitrogens is 1. The first-order valence-electron chi connectivity index (χ1n) is 6.15. The van der Waals surface area contributed by atoms with E-state index < -0.39 is 20.0 Å². The van der Waals surface area contributed by atoms with Gasteiger partial charge in [0.05, 0.1) is 15.6 Å². The summed E-state index contributed by atoms with van der Waals surface area (Å²) in [6.45, 7) is 3.42. The van der Waals surface area contributed by atoms with E-state index in [1.807, 2.05) is 0 Å². The summed E-state index contributed by atoms with van der Waals surface area (Å²) in [6.07, 6.45) is 0. The first-order chi connectivity index (χ1) is 10.1. The van der Waals surface area contributed by atoms with E-state index in [1.54, 1.807) is 13.8 Å². The molecule has 10 heteroatoms. The van der Waals surface area contributed by atoms with Crippen LogP contribution in [-0.2, 0) is 26.6 Å². The second kappa shape index (κ2) is 6.05. The van der Waals surface area contributed by atoms with Gasteiger partial charge in [0, 0.05) is 6.54 Å². The van der Waals surface area contributed by atoms with Crippen molar-refractivity contribution in [2.75, 3.05) is 0 Å². The van der Waals surface area contributed by atoms with Crippen LogP contribution in [0.4, 0.5) is 0 Å². The van der Waals surface area contributed by atoms with E-state index in [9.17, 15) is 16.8 Å². The van der Waals surface area contributed by atoms with E-state index in [-0.39, 0.29) is 15.6 Å². The lowest BCUT2D eigenvalue weighted by atomic mass is 10.2. The second-order valence-electron chi connectivity index (χ2n) is 4.62. The highest BCUT2D eigenvalue weighted by Crippen LogP contribution is 2.22. The maximum absolute atomic E-state index is 12.2. The first kappa shape index (κ1) is 17.0. The summed E-state index contributed by atoms with van der Waals surface area (Å²) < 4.78 is 49.4. The number of hydrogen-bond acceptors (Lipinski definition) is 6. The highest BCUT2D eigenvalue weighted by Gasteiger charge is 2.20. The van der Waals surface area contributed by atoms with Crippen molar-refractivity contribution in [1.29, 1.82) is 0 Å². The van der Waals surface area contributed by atoms with Crippen LogP contribution >= 0.6 is 11.3 Å². The van der Waals surface area contributed by atoms with Crippen molar-refractivity contribution in [3.8, 4) is 0 Å². The van der Waals surface area contributed by atoms with Gasteiger partial charge in [-0.25, -0.2) is 31.7 Å². The van der Waals surface area contributed by atoms with Crippen LogP contribution in [0.5, 0.6) is 0 Å². The molecule has 3 N–H and O–H groups in total. The minimum absolute atomic E-state index is 0.0203. The van der Waals surface area contributed by atoms with Crippen molar-refractivity contribution in [3.63, 3.8) is 0 Å². The lowest BCUT2D eigenvalue weighted by molar-refractivity contribution is 0.582. The fourth-order valence-corrected chi connectivity index (χ4v) is 4.86. The summed E-state index contributed by atoms with van der Waals surface area (Å²) in [5.41, 5.74) is 1.08. The van der Waals surface area contributed by atoms with Crippen LogP contribution in [0, 0.1) is 13.8 Å². The van der Waals surface area contributed by atoms with Gasteiger partial charge in [0.15, 0.2) is 4.21 Å². The highest BCUT2D eigenvalue weighted by atomic mass is 32.2. The summed E-state index contributed by atoms with van der Waals surface area (Å²) in [7, 11) is -7.40. The van der Waals surface area contributed by atoms with Gasteiger partial charge in [0.25, 0.3) is 10.0 Å². The Kier molecular flexibility index (Phi) is 4.68. The van der Waals surface area contributed by atoms with Crippen LogP contribution in [0.2, 0.25) is 0 Å². The number of primary sulfonamides is 1. The third-order valence-electron chi connectivity index (χ3n) is 2.82. The van der Waals surface area contributed by atoms with E-state index in [4.69, 9.17) is 5.14 Å². The Hall–Kier alpha value is -1.33. The molecular formula is C12H15N3O4S3. The third kappa shape index (κ3) is 3.90. The maximum Gasteiger partial charge on any atom is 0.252 e. The number of aryl methyl sites for hydroxylation is 2. The number of nitrogens with two attached hydrogens (primary N) is 1. The summed E-state index contributed by atoms with van der Waals surface area (Å²) in [4.78, 5) is 4.07. The average Bonchev–Trinajstić information content (AvgIpc) is 2.76. The predicted molar refractivity (Wildman–Crippen MR) is 83.4 cm³/mol. The van der Waals surface area contributed by atoms with E-state index in [1.165, 1.54) is 24.3 Å². The molecule has 0 fully saturated rings. The average molecular weight is 361 g/mol.